The molecule has 9 heteroatoms. The topological polar surface area (TPSA) is 84.3 Å². The Labute approximate surface area is 188 Å². The van der Waals surface area contributed by atoms with E-state index in [1.165, 1.54) is 15.4 Å². The van der Waals surface area contributed by atoms with Gasteiger partial charge in [0.05, 0.1) is 11.7 Å². The van der Waals surface area contributed by atoms with Crippen molar-refractivity contribution in [1.82, 2.24) is 19.4 Å². The van der Waals surface area contributed by atoms with Gasteiger partial charge in [0, 0.05) is 26.1 Å². The Bertz CT molecular complexity index is 1080. The third-order valence-corrected chi connectivity index (χ3v) is 9.08. The summed E-state index contributed by atoms with van der Waals surface area (Å²) in [4.78, 5) is 12.8. The second-order valence-electron chi connectivity index (χ2n) is 8.49. The number of aromatic nitrogens is 2. The molecule has 0 radical (unpaired) electrons. The summed E-state index contributed by atoms with van der Waals surface area (Å²) < 4.78 is 30.2. The van der Waals surface area contributed by atoms with Crippen LogP contribution in [0.2, 0.25) is 5.15 Å². The average molecular weight is 465 g/mol. The number of hydrogen-bond acceptors (Lipinski definition) is 4. The van der Waals surface area contributed by atoms with E-state index in [4.69, 9.17) is 11.6 Å². The van der Waals surface area contributed by atoms with Crippen LogP contribution in [0, 0.1) is 12.8 Å². The quantitative estimate of drug-likeness (QED) is 0.735. The molecule has 0 unspecified atom stereocenters. The smallest absolute Gasteiger partial charge is 0.248 e. The molecule has 1 aromatic carbocycles. The van der Waals surface area contributed by atoms with E-state index in [-0.39, 0.29) is 28.4 Å². The Hall–Kier alpha value is -1.90. The third kappa shape index (κ3) is 4.25. The highest BCUT2D eigenvalue weighted by molar-refractivity contribution is 7.89. The molecule has 1 aromatic heterocycles. The number of rotatable bonds is 5. The summed E-state index contributed by atoms with van der Waals surface area (Å²) in [7, 11) is -2.27. The van der Waals surface area contributed by atoms with Gasteiger partial charge in [0.1, 0.15) is 10.0 Å². The van der Waals surface area contributed by atoms with E-state index >= 15 is 0 Å². The average Bonchev–Trinajstić information content (AvgIpc) is 3.03. The number of carbonyl (C=O) groups excluding carboxylic acids is 1. The Balaban J connectivity index is 1.65. The molecule has 4 rings (SSSR count). The maximum Gasteiger partial charge on any atom is 0.248 e. The summed E-state index contributed by atoms with van der Waals surface area (Å²) in [5.41, 5.74) is 2.41. The van der Waals surface area contributed by atoms with E-state index in [9.17, 15) is 13.2 Å². The van der Waals surface area contributed by atoms with Gasteiger partial charge in [-0.25, -0.2) is 8.42 Å². The lowest BCUT2D eigenvalue weighted by Gasteiger charge is -2.36. The first-order chi connectivity index (χ1) is 14.8. The number of hydrogen-bond donors (Lipinski definition) is 1. The number of nitrogens with zero attached hydrogens (tertiary/aromatic N) is 3. The molecule has 1 aliphatic carbocycles. The highest BCUT2D eigenvalue weighted by Crippen LogP contribution is 2.37. The molecular formula is C22H29ClN4O3S. The minimum absolute atomic E-state index is 0.0210. The molecule has 31 heavy (non-hydrogen) atoms. The molecule has 1 saturated carbocycles. The number of nitrogens with one attached hydrogen (secondary N) is 1. The first-order valence-electron chi connectivity index (χ1n) is 10.9. The first kappa shape index (κ1) is 22.3. The highest BCUT2D eigenvalue weighted by Gasteiger charge is 2.39. The van der Waals surface area contributed by atoms with Crippen molar-refractivity contribution < 1.29 is 13.2 Å². The molecule has 2 aliphatic rings. The van der Waals surface area contributed by atoms with Crippen LogP contribution in [0.5, 0.6) is 0 Å². The van der Waals surface area contributed by atoms with Crippen LogP contribution < -0.4 is 5.32 Å². The van der Waals surface area contributed by atoms with Crippen LogP contribution in [-0.2, 0) is 28.3 Å². The fourth-order valence-corrected chi connectivity index (χ4v) is 7.17. The van der Waals surface area contributed by atoms with Crippen molar-refractivity contribution in [3.8, 4) is 0 Å². The zero-order valence-electron chi connectivity index (χ0n) is 18.0. The first-order valence-corrected chi connectivity index (χ1v) is 12.7. The summed E-state index contributed by atoms with van der Waals surface area (Å²) in [5.74, 6) is 0.0448. The lowest BCUT2D eigenvalue weighted by molar-refractivity contribution is -0.126. The van der Waals surface area contributed by atoms with Gasteiger partial charge in [-0.05, 0) is 37.3 Å². The molecule has 1 aliphatic heterocycles. The van der Waals surface area contributed by atoms with Crippen molar-refractivity contribution in [1.29, 1.82) is 0 Å². The summed E-state index contributed by atoms with van der Waals surface area (Å²) in [5, 5.41) is 7.34. The summed E-state index contributed by atoms with van der Waals surface area (Å²) in [6.45, 7) is 2.22. The van der Waals surface area contributed by atoms with E-state index < -0.39 is 16.1 Å². The van der Waals surface area contributed by atoms with Crippen molar-refractivity contribution in [2.75, 3.05) is 13.1 Å². The van der Waals surface area contributed by atoms with Gasteiger partial charge in [-0.2, -0.15) is 9.40 Å². The number of amides is 1. The monoisotopic (exact) mass is 464 g/mol. The van der Waals surface area contributed by atoms with Crippen molar-refractivity contribution >= 4 is 27.5 Å². The lowest BCUT2D eigenvalue weighted by atomic mass is 9.88. The normalized spacial score (nSPS) is 20.4. The molecule has 2 heterocycles. The molecule has 1 atom stereocenters. The van der Waals surface area contributed by atoms with Crippen molar-refractivity contribution in [3.63, 3.8) is 0 Å². The Morgan fingerprint density at radius 1 is 1.23 bits per heavy atom. The zero-order chi connectivity index (χ0) is 22.2. The van der Waals surface area contributed by atoms with Crippen LogP contribution in [-0.4, -0.2) is 41.5 Å². The molecule has 2 aromatic rings. The predicted octanol–water partition coefficient (Wildman–Crippen LogP) is 3.37. The van der Waals surface area contributed by atoms with Crippen LogP contribution in [0.3, 0.4) is 0 Å². The van der Waals surface area contributed by atoms with E-state index in [2.05, 4.69) is 10.4 Å². The van der Waals surface area contributed by atoms with Gasteiger partial charge in [0.2, 0.25) is 15.9 Å². The molecular weight excluding hydrogens is 436 g/mol. The predicted molar refractivity (Wildman–Crippen MR) is 119 cm³/mol. The second-order valence-corrected chi connectivity index (χ2v) is 10.7. The van der Waals surface area contributed by atoms with Crippen LogP contribution in [0.25, 0.3) is 0 Å². The van der Waals surface area contributed by atoms with Gasteiger partial charge in [-0.1, -0.05) is 55.1 Å². The van der Waals surface area contributed by atoms with Crippen LogP contribution in [0.1, 0.15) is 55.0 Å². The molecule has 168 valence electrons. The third-order valence-electron chi connectivity index (χ3n) is 6.48. The van der Waals surface area contributed by atoms with Gasteiger partial charge < -0.3 is 5.32 Å². The Morgan fingerprint density at radius 2 is 1.94 bits per heavy atom. The molecule has 1 fully saturated rings. The summed E-state index contributed by atoms with van der Waals surface area (Å²) in [6.07, 6.45) is 5.74. The largest absolute Gasteiger partial charge is 0.354 e. The van der Waals surface area contributed by atoms with Gasteiger partial charge in [0.15, 0.2) is 0 Å². The number of fused-ring (bicyclic) bond motifs is 1. The molecule has 0 saturated heterocycles. The van der Waals surface area contributed by atoms with Crippen LogP contribution >= 0.6 is 11.6 Å². The van der Waals surface area contributed by atoms with E-state index in [1.54, 1.807) is 14.0 Å². The molecule has 1 amide bonds. The standard InChI is InChI=1S/C22H29ClN4O3S/c1-15-20(21(23)26(2)25-15)31(29,30)27-13-12-16-8-6-7-11-18(16)19(27)14-24-22(28)17-9-4-3-5-10-17/h6-8,11,17,19H,3-5,9-10,12-14H2,1-2H3,(H,24,28)/t19-/m1/s1. The Morgan fingerprint density at radius 3 is 2.61 bits per heavy atom. The van der Waals surface area contributed by atoms with Gasteiger partial charge in [-0.15, -0.1) is 0 Å². The van der Waals surface area contributed by atoms with Crippen molar-refractivity contribution in [3.05, 3.63) is 46.2 Å². The van der Waals surface area contributed by atoms with E-state index in [0.29, 0.717) is 18.7 Å². The Kier molecular flexibility index (Phi) is 6.42. The van der Waals surface area contributed by atoms with Crippen LogP contribution in [0.15, 0.2) is 29.2 Å². The maximum atomic E-state index is 13.7. The van der Waals surface area contributed by atoms with E-state index in [0.717, 1.165) is 36.8 Å². The summed E-state index contributed by atoms with van der Waals surface area (Å²) >= 11 is 6.32. The molecule has 0 spiro atoms. The lowest BCUT2D eigenvalue weighted by Crippen LogP contribution is -2.46. The number of sulfonamides is 1. The van der Waals surface area contributed by atoms with E-state index in [1.807, 2.05) is 24.3 Å². The minimum Gasteiger partial charge on any atom is -0.354 e. The van der Waals surface area contributed by atoms with Crippen LogP contribution in [0.4, 0.5) is 0 Å². The fourth-order valence-electron chi connectivity index (χ4n) is 4.86. The van der Waals surface area contributed by atoms with Gasteiger partial charge in [0.25, 0.3) is 0 Å². The van der Waals surface area contributed by atoms with Crippen molar-refractivity contribution in [2.24, 2.45) is 13.0 Å². The highest BCUT2D eigenvalue weighted by atomic mass is 35.5. The van der Waals surface area contributed by atoms with Crippen molar-refractivity contribution in [2.45, 2.75) is 56.4 Å². The molecule has 0 bridgehead atoms. The number of halogens is 1. The summed E-state index contributed by atoms with van der Waals surface area (Å²) in [6, 6.07) is 7.36. The molecule has 7 nitrogen and oxygen atoms in total. The maximum absolute atomic E-state index is 13.7. The molecule has 1 N–H and O–H groups in total. The van der Waals surface area contributed by atoms with Gasteiger partial charge in [-0.3, -0.25) is 9.48 Å². The minimum atomic E-state index is -3.90. The fraction of sp³-hybridized carbons (Fsp3) is 0.545. The zero-order valence-corrected chi connectivity index (χ0v) is 19.5. The second kappa shape index (κ2) is 8.92. The number of aryl methyl sites for hydroxylation is 2. The SMILES string of the molecule is Cc1nn(C)c(Cl)c1S(=O)(=O)N1CCc2ccccc2[C@H]1CNC(=O)C1CCCCC1. The van der Waals surface area contributed by atoms with Gasteiger partial charge >= 0.3 is 0 Å². The number of benzene rings is 1. The number of carbonyl (C=O) groups is 1.